The highest BCUT2D eigenvalue weighted by Gasteiger charge is 2.13. The van der Waals surface area contributed by atoms with Crippen LogP contribution in [0.25, 0.3) is 0 Å². The predicted octanol–water partition coefficient (Wildman–Crippen LogP) is 3.19. The van der Waals surface area contributed by atoms with Gasteiger partial charge in [-0.25, -0.2) is 0 Å². The largest absolute Gasteiger partial charge is 0.359 e. The number of nitro groups is 1. The van der Waals surface area contributed by atoms with Gasteiger partial charge in [-0.1, -0.05) is 37.2 Å². The Morgan fingerprint density at radius 3 is 2.60 bits per heavy atom. The molecule has 0 spiro atoms. The first-order valence-corrected chi connectivity index (χ1v) is 7.63. The summed E-state index contributed by atoms with van der Waals surface area (Å²) in [5, 5.41) is 21.2. The molecule has 0 bridgehead atoms. The fourth-order valence-corrected chi connectivity index (χ4v) is 2.09. The number of rotatable bonds is 6. The Bertz CT molecular complexity index is 730. The minimum atomic E-state index is -0.394. The smallest absolute Gasteiger partial charge is 0.274 e. The monoisotopic (exact) mass is 459 g/mol. The number of nitrogens with one attached hydrogen (secondary N) is 2. The normalized spacial score (nSPS) is 11.1. The molecule has 0 fully saturated rings. The first-order chi connectivity index (χ1) is 11.5. The van der Waals surface area contributed by atoms with Gasteiger partial charge in [0.15, 0.2) is 11.7 Å². The molecule has 0 amide bonds. The summed E-state index contributed by atoms with van der Waals surface area (Å²) in [6.45, 7) is 4.81. The maximum absolute atomic E-state index is 11.0. The molecule has 0 aliphatic rings. The van der Waals surface area contributed by atoms with Crippen LogP contribution >= 0.6 is 24.0 Å². The van der Waals surface area contributed by atoms with Crippen molar-refractivity contribution in [2.45, 2.75) is 32.9 Å². The maximum Gasteiger partial charge on any atom is 0.274 e. The average molecular weight is 459 g/mol. The molecule has 136 valence electrons. The van der Waals surface area contributed by atoms with Gasteiger partial charge < -0.3 is 15.2 Å². The number of hydrogen-bond donors (Lipinski definition) is 2. The summed E-state index contributed by atoms with van der Waals surface area (Å²) in [5.41, 5.74) is 1.57. The van der Waals surface area contributed by atoms with E-state index in [9.17, 15) is 10.1 Å². The second-order valence-electron chi connectivity index (χ2n) is 5.54. The minimum absolute atomic E-state index is 0. The van der Waals surface area contributed by atoms with Gasteiger partial charge in [-0.3, -0.25) is 15.1 Å². The SMILES string of the molecule is CN=C(NCc1cc(C(C)C)no1)NCc1ccccc1[N+](=O)[O-].I. The second-order valence-corrected chi connectivity index (χ2v) is 5.54. The molecule has 0 saturated heterocycles. The Labute approximate surface area is 163 Å². The van der Waals surface area contributed by atoms with Crippen LogP contribution in [0.15, 0.2) is 39.8 Å². The van der Waals surface area contributed by atoms with Gasteiger partial charge in [-0.15, -0.1) is 24.0 Å². The van der Waals surface area contributed by atoms with Gasteiger partial charge in [0.25, 0.3) is 5.69 Å². The summed E-state index contributed by atoms with van der Waals surface area (Å²) in [5.74, 6) is 1.53. The lowest BCUT2D eigenvalue weighted by molar-refractivity contribution is -0.385. The number of para-hydroxylation sites is 1. The first-order valence-electron chi connectivity index (χ1n) is 7.63. The van der Waals surface area contributed by atoms with E-state index in [1.807, 2.05) is 19.9 Å². The molecule has 1 heterocycles. The molecule has 0 atom stereocenters. The van der Waals surface area contributed by atoms with E-state index in [0.717, 1.165) is 5.69 Å². The number of guanidine groups is 1. The topological polar surface area (TPSA) is 106 Å². The fourth-order valence-electron chi connectivity index (χ4n) is 2.09. The molecule has 9 heteroatoms. The third kappa shape index (κ3) is 6.00. The molecule has 0 saturated carbocycles. The molecular weight excluding hydrogens is 437 g/mol. The van der Waals surface area contributed by atoms with Crippen LogP contribution in [0.4, 0.5) is 5.69 Å². The molecule has 0 radical (unpaired) electrons. The Kier molecular flexibility index (Phi) is 8.32. The molecule has 0 aliphatic heterocycles. The molecule has 2 aromatic rings. The predicted molar refractivity (Wildman–Crippen MR) is 106 cm³/mol. The summed E-state index contributed by atoms with van der Waals surface area (Å²) in [7, 11) is 1.63. The number of nitro benzene ring substituents is 1. The van der Waals surface area contributed by atoms with Gasteiger partial charge in [-0.2, -0.15) is 0 Å². The van der Waals surface area contributed by atoms with Gasteiger partial charge in [0.2, 0.25) is 0 Å². The maximum atomic E-state index is 11.0. The zero-order valence-corrected chi connectivity index (χ0v) is 16.7. The van der Waals surface area contributed by atoms with E-state index in [1.165, 1.54) is 6.07 Å². The van der Waals surface area contributed by atoms with Gasteiger partial charge in [0, 0.05) is 31.3 Å². The fraction of sp³-hybridized carbons (Fsp3) is 0.375. The number of hydrogen-bond acceptors (Lipinski definition) is 5. The molecule has 2 N–H and O–H groups in total. The third-order valence-corrected chi connectivity index (χ3v) is 3.46. The Morgan fingerprint density at radius 1 is 1.32 bits per heavy atom. The zero-order valence-electron chi connectivity index (χ0n) is 14.4. The van der Waals surface area contributed by atoms with Crippen LogP contribution in [-0.4, -0.2) is 23.1 Å². The number of halogens is 1. The summed E-state index contributed by atoms with van der Waals surface area (Å²) in [6.07, 6.45) is 0. The van der Waals surface area contributed by atoms with Crippen molar-refractivity contribution in [1.29, 1.82) is 0 Å². The molecule has 1 aromatic carbocycles. The summed E-state index contributed by atoms with van der Waals surface area (Å²) in [4.78, 5) is 14.7. The average Bonchev–Trinajstić information content (AvgIpc) is 3.04. The second kappa shape index (κ2) is 9.97. The molecule has 2 rings (SSSR count). The Hall–Kier alpha value is -2.17. The third-order valence-electron chi connectivity index (χ3n) is 3.46. The zero-order chi connectivity index (χ0) is 17.5. The molecule has 1 aromatic heterocycles. The van der Waals surface area contributed by atoms with Crippen molar-refractivity contribution >= 4 is 35.6 Å². The summed E-state index contributed by atoms with van der Waals surface area (Å²) in [6, 6.07) is 8.50. The first kappa shape index (κ1) is 20.9. The quantitative estimate of drug-likeness (QED) is 0.226. The lowest BCUT2D eigenvalue weighted by atomic mass is 10.1. The molecule has 0 unspecified atom stereocenters. The van der Waals surface area contributed by atoms with Crippen molar-refractivity contribution in [3.05, 3.63) is 57.5 Å². The number of aliphatic imine (C=N–C) groups is 1. The lowest BCUT2D eigenvalue weighted by Crippen LogP contribution is -2.36. The van der Waals surface area contributed by atoms with Crippen molar-refractivity contribution < 1.29 is 9.45 Å². The highest BCUT2D eigenvalue weighted by molar-refractivity contribution is 14.0. The van der Waals surface area contributed by atoms with Crippen LogP contribution in [-0.2, 0) is 13.1 Å². The number of nitrogens with zero attached hydrogens (tertiary/aromatic N) is 3. The van der Waals surface area contributed by atoms with Crippen molar-refractivity contribution in [2.75, 3.05) is 7.05 Å². The minimum Gasteiger partial charge on any atom is -0.359 e. The van der Waals surface area contributed by atoms with Crippen LogP contribution in [0.2, 0.25) is 0 Å². The number of aromatic nitrogens is 1. The molecular formula is C16H22IN5O3. The standard InChI is InChI=1S/C16H21N5O3.HI/c1-11(2)14-8-13(24-20-14)10-19-16(17-3)18-9-12-6-4-5-7-15(12)21(22)23;/h4-8,11H,9-10H2,1-3H3,(H2,17,18,19);1H. The van der Waals surface area contributed by atoms with Gasteiger partial charge in [-0.05, 0) is 5.92 Å². The van der Waals surface area contributed by atoms with E-state index in [-0.39, 0.29) is 29.7 Å². The molecule has 8 nitrogen and oxygen atoms in total. The van der Waals surface area contributed by atoms with E-state index < -0.39 is 4.92 Å². The molecule has 25 heavy (non-hydrogen) atoms. The van der Waals surface area contributed by atoms with E-state index >= 15 is 0 Å². The Morgan fingerprint density at radius 2 is 2.00 bits per heavy atom. The highest BCUT2D eigenvalue weighted by atomic mass is 127. The van der Waals surface area contributed by atoms with Crippen molar-refractivity contribution in [2.24, 2.45) is 4.99 Å². The van der Waals surface area contributed by atoms with Crippen LogP contribution in [0, 0.1) is 10.1 Å². The van der Waals surface area contributed by atoms with E-state index in [0.29, 0.717) is 36.3 Å². The van der Waals surface area contributed by atoms with Crippen molar-refractivity contribution in [3.8, 4) is 0 Å². The Balaban J connectivity index is 0.00000312. The van der Waals surface area contributed by atoms with Gasteiger partial charge in [0.05, 0.1) is 17.2 Å². The van der Waals surface area contributed by atoms with E-state index in [1.54, 1.807) is 25.2 Å². The van der Waals surface area contributed by atoms with Gasteiger partial charge in [0.1, 0.15) is 0 Å². The molecule has 0 aliphatic carbocycles. The van der Waals surface area contributed by atoms with Crippen LogP contribution < -0.4 is 10.6 Å². The summed E-state index contributed by atoms with van der Waals surface area (Å²) < 4.78 is 5.25. The summed E-state index contributed by atoms with van der Waals surface area (Å²) >= 11 is 0. The van der Waals surface area contributed by atoms with Crippen LogP contribution in [0.5, 0.6) is 0 Å². The van der Waals surface area contributed by atoms with E-state index in [2.05, 4.69) is 20.8 Å². The number of benzene rings is 1. The van der Waals surface area contributed by atoms with Crippen molar-refractivity contribution in [3.63, 3.8) is 0 Å². The van der Waals surface area contributed by atoms with Crippen molar-refractivity contribution in [1.82, 2.24) is 15.8 Å². The van der Waals surface area contributed by atoms with E-state index in [4.69, 9.17) is 4.52 Å². The highest BCUT2D eigenvalue weighted by Crippen LogP contribution is 2.17. The lowest BCUT2D eigenvalue weighted by Gasteiger charge is -2.10. The van der Waals surface area contributed by atoms with Gasteiger partial charge >= 0.3 is 0 Å². The van der Waals surface area contributed by atoms with Crippen LogP contribution in [0.3, 0.4) is 0 Å². The van der Waals surface area contributed by atoms with Crippen LogP contribution in [0.1, 0.15) is 36.8 Å².